The highest BCUT2D eigenvalue weighted by Crippen LogP contribution is 2.26. The Balaban J connectivity index is 2.27. The third-order valence-electron chi connectivity index (χ3n) is 3.79. The molecule has 1 aliphatic rings. The summed E-state index contributed by atoms with van der Waals surface area (Å²) in [6.45, 7) is 3.57. The summed E-state index contributed by atoms with van der Waals surface area (Å²) in [6, 6.07) is 5.59. The van der Waals surface area contributed by atoms with Gasteiger partial charge in [-0.05, 0) is 61.9 Å². The van der Waals surface area contributed by atoms with E-state index in [0.717, 1.165) is 25.7 Å². The summed E-state index contributed by atoms with van der Waals surface area (Å²) in [4.78, 5) is 0.434. The summed E-state index contributed by atoms with van der Waals surface area (Å²) >= 11 is 0. The van der Waals surface area contributed by atoms with E-state index in [-0.39, 0.29) is 0 Å². The molecule has 0 saturated heterocycles. The Hall–Kier alpha value is -0.910. The number of nitrogens with two attached hydrogens (primary N) is 1. The van der Waals surface area contributed by atoms with Crippen LogP contribution in [0, 0.1) is 0 Å². The Labute approximate surface area is 122 Å². The first-order valence-corrected chi connectivity index (χ1v) is 8.85. The molecule has 0 radical (unpaired) electrons. The van der Waals surface area contributed by atoms with Crippen molar-refractivity contribution in [3.05, 3.63) is 29.3 Å². The van der Waals surface area contributed by atoms with Crippen LogP contribution in [0.2, 0.25) is 0 Å². The molecule has 1 aliphatic carbocycles. The van der Waals surface area contributed by atoms with E-state index in [2.05, 4.69) is 0 Å². The molecule has 1 aromatic rings. The SMILES string of the molecule is CCCN(CCCN)S(=O)(=O)c1ccc2c(c1)CCC2. The summed E-state index contributed by atoms with van der Waals surface area (Å²) in [5, 5.41) is 0. The summed E-state index contributed by atoms with van der Waals surface area (Å²) in [5.74, 6) is 0. The number of rotatable bonds is 7. The smallest absolute Gasteiger partial charge is 0.243 e. The molecule has 0 aliphatic heterocycles. The third-order valence-corrected chi connectivity index (χ3v) is 5.69. The molecule has 1 aromatic carbocycles. The first kappa shape index (κ1) is 15.5. The highest BCUT2D eigenvalue weighted by Gasteiger charge is 2.24. The molecule has 2 N–H and O–H groups in total. The van der Waals surface area contributed by atoms with Gasteiger partial charge in [0.15, 0.2) is 0 Å². The zero-order valence-electron chi connectivity index (χ0n) is 12.1. The number of sulfonamides is 1. The maximum Gasteiger partial charge on any atom is 0.243 e. The van der Waals surface area contributed by atoms with Gasteiger partial charge in [0, 0.05) is 13.1 Å². The molecule has 0 saturated carbocycles. The molecule has 2 rings (SSSR count). The molecule has 0 unspecified atom stereocenters. The van der Waals surface area contributed by atoms with Crippen LogP contribution in [0.5, 0.6) is 0 Å². The van der Waals surface area contributed by atoms with Gasteiger partial charge in [-0.2, -0.15) is 4.31 Å². The lowest BCUT2D eigenvalue weighted by molar-refractivity contribution is 0.406. The Morgan fingerprint density at radius 2 is 1.95 bits per heavy atom. The summed E-state index contributed by atoms with van der Waals surface area (Å²) < 4.78 is 27.0. The van der Waals surface area contributed by atoms with Crippen LogP contribution in [-0.4, -0.2) is 32.4 Å². The quantitative estimate of drug-likeness (QED) is 0.836. The van der Waals surface area contributed by atoms with Crippen molar-refractivity contribution in [2.24, 2.45) is 5.73 Å². The van der Waals surface area contributed by atoms with Crippen molar-refractivity contribution >= 4 is 10.0 Å². The topological polar surface area (TPSA) is 63.4 Å². The molecule has 112 valence electrons. The van der Waals surface area contributed by atoms with Crippen LogP contribution in [0.3, 0.4) is 0 Å². The van der Waals surface area contributed by atoms with Crippen LogP contribution < -0.4 is 5.73 Å². The van der Waals surface area contributed by atoms with Crippen LogP contribution in [0.4, 0.5) is 0 Å². The van der Waals surface area contributed by atoms with Gasteiger partial charge >= 0.3 is 0 Å². The minimum atomic E-state index is -3.38. The van der Waals surface area contributed by atoms with Crippen LogP contribution in [-0.2, 0) is 22.9 Å². The van der Waals surface area contributed by atoms with Crippen molar-refractivity contribution in [2.75, 3.05) is 19.6 Å². The van der Waals surface area contributed by atoms with Crippen molar-refractivity contribution in [1.29, 1.82) is 0 Å². The number of hydrogen-bond acceptors (Lipinski definition) is 3. The predicted octanol–water partition coefficient (Wildman–Crippen LogP) is 1.92. The second kappa shape index (κ2) is 6.70. The Bertz CT molecular complexity index is 555. The van der Waals surface area contributed by atoms with Gasteiger partial charge in [-0.3, -0.25) is 0 Å². The molecule has 5 heteroatoms. The van der Waals surface area contributed by atoms with E-state index in [4.69, 9.17) is 5.73 Å². The summed E-state index contributed by atoms with van der Waals surface area (Å²) in [6.07, 6.45) is 4.71. The lowest BCUT2D eigenvalue weighted by atomic mass is 10.1. The number of aryl methyl sites for hydroxylation is 2. The fourth-order valence-corrected chi connectivity index (χ4v) is 4.35. The lowest BCUT2D eigenvalue weighted by Gasteiger charge is -2.21. The number of fused-ring (bicyclic) bond motifs is 1. The minimum absolute atomic E-state index is 0.434. The Kier molecular flexibility index (Phi) is 5.18. The first-order valence-electron chi connectivity index (χ1n) is 7.41. The second-order valence-corrected chi connectivity index (χ2v) is 7.27. The van der Waals surface area contributed by atoms with Gasteiger partial charge in [-0.25, -0.2) is 8.42 Å². The van der Waals surface area contributed by atoms with Crippen LogP contribution in [0.1, 0.15) is 37.3 Å². The maximum atomic E-state index is 12.7. The maximum absolute atomic E-state index is 12.7. The van der Waals surface area contributed by atoms with Crippen molar-refractivity contribution < 1.29 is 8.42 Å². The molecule has 0 spiro atoms. The number of benzene rings is 1. The average molecular weight is 296 g/mol. The van der Waals surface area contributed by atoms with Gasteiger partial charge in [0.1, 0.15) is 0 Å². The van der Waals surface area contributed by atoms with Crippen LogP contribution in [0.25, 0.3) is 0 Å². The molecular formula is C15H24N2O2S. The standard InChI is InChI=1S/C15H24N2O2S/c1-2-10-17(11-4-9-16)20(18,19)15-8-7-13-5-3-6-14(13)12-15/h7-8,12H,2-6,9-11,16H2,1H3. The van der Waals surface area contributed by atoms with Crippen molar-refractivity contribution in [2.45, 2.75) is 43.9 Å². The van der Waals surface area contributed by atoms with Gasteiger partial charge in [-0.15, -0.1) is 0 Å². The van der Waals surface area contributed by atoms with E-state index in [1.807, 2.05) is 19.1 Å². The highest BCUT2D eigenvalue weighted by molar-refractivity contribution is 7.89. The van der Waals surface area contributed by atoms with Crippen LogP contribution >= 0.6 is 0 Å². The van der Waals surface area contributed by atoms with E-state index in [1.54, 1.807) is 10.4 Å². The Morgan fingerprint density at radius 1 is 1.20 bits per heavy atom. The summed E-state index contributed by atoms with van der Waals surface area (Å²) in [7, 11) is -3.38. The summed E-state index contributed by atoms with van der Waals surface area (Å²) in [5.41, 5.74) is 8.00. The van der Waals surface area contributed by atoms with E-state index < -0.39 is 10.0 Å². The van der Waals surface area contributed by atoms with Crippen molar-refractivity contribution in [3.8, 4) is 0 Å². The number of hydrogen-bond donors (Lipinski definition) is 1. The third kappa shape index (κ3) is 3.22. The molecule has 4 nitrogen and oxygen atoms in total. The molecule has 0 aromatic heterocycles. The fraction of sp³-hybridized carbons (Fsp3) is 0.600. The van der Waals surface area contributed by atoms with Crippen molar-refractivity contribution in [3.63, 3.8) is 0 Å². The van der Waals surface area contributed by atoms with Gasteiger partial charge in [0.2, 0.25) is 10.0 Å². The van der Waals surface area contributed by atoms with Crippen LogP contribution in [0.15, 0.2) is 23.1 Å². The molecule has 0 fully saturated rings. The molecule has 0 heterocycles. The molecule has 0 amide bonds. The number of nitrogens with zero attached hydrogens (tertiary/aromatic N) is 1. The van der Waals surface area contributed by atoms with Crippen molar-refractivity contribution in [1.82, 2.24) is 4.31 Å². The first-order chi connectivity index (χ1) is 9.59. The normalized spacial score (nSPS) is 14.8. The predicted molar refractivity (Wildman–Crippen MR) is 81.2 cm³/mol. The molecule has 20 heavy (non-hydrogen) atoms. The van der Waals surface area contributed by atoms with Gasteiger partial charge in [0.05, 0.1) is 4.90 Å². The van der Waals surface area contributed by atoms with Gasteiger partial charge in [0.25, 0.3) is 0 Å². The Morgan fingerprint density at radius 3 is 2.65 bits per heavy atom. The molecular weight excluding hydrogens is 272 g/mol. The van der Waals surface area contributed by atoms with E-state index >= 15 is 0 Å². The van der Waals surface area contributed by atoms with E-state index in [0.29, 0.717) is 31.0 Å². The van der Waals surface area contributed by atoms with Gasteiger partial charge in [-0.1, -0.05) is 13.0 Å². The molecule has 0 bridgehead atoms. The largest absolute Gasteiger partial charge is 0.330 e. The lowest BCUT2D eigenvalue weighted by Crippen LogP contribution is -2.33. The average Bonchev–Trinajstić information content (AvgIpc) is 2.90. The fourth-order valence-electron chi connectivity index (χ4n) is 2.73. The minimum Gasteiger partial charge on any atom is -0.330 e. The second-order valence-electron chi connectivity index (χ2n) is 5.33. The molecule has 0 atom stereocenters. The zero-order chi connectivity index (χ0) is 14.6. The van der Waals surface area contributed by atoms with Gasteiger partial charge < -0.3 is 5.73 Å². The van der Waals surface area contributed by atoms with E-state index in [9.17, 15) is 8.42 Å². The highest BCUT2D eigenvalue weighted by atomic mass is 32.2. The zero-order valence-corrected chi connectivity index (χ0v) is 13.0. The van der Waals surface area contributed by atoms with E-state index in [1.165, 1.54) is 11.1 Å². The monoisotopic (exact) mass is 296 g/mol.